The molecule has 0 bridgehead atoms. The zero-order valence-corrected chi connectivity index (χ0v) is 9.56. The molecule has 84 valence electrons. The number of aryl methyl sites for hydroxylation is 1. The van der Waals surface area contributed by atoms with E-state index in [-0.39, 0.29) is 0 Å². The van der Waals surface area contributed by atoms with E-state index in [1.54, 1.807) is 0 Å². The summed E-state index contributed by atoms with van der Waals surface area (Å²) in [5.41, 5.74) is 0.943. The van der Waals surface area contributed by atoms with E-state index in [1.165, 1.54) is 0 Å². The Morgan fingerprint density at radius 2 is 2.33 bits per heavy atom. The van der Waals surface area contributed by atoms with E-state index in [1.807, 2.05) is 13.0 Å². The highest BCUT2D eigenvalue weighted by Gasteiger charge is 2.24. The minimum absolute atomic E-state index is 0.310. The minimum atomic E-state index is 0.310. The van der Waals surface area contributed by atoms with Gasteiger partial charge in [0.2, 0.25) is 0 Å². The molecular formula is C11H18N2O2. The Labute approximate surface area is 90.2 Å². The van der Waals surface area contributed by atoms with Gasteiger partial charge in [-0.25, -0.2) is 0 Å². The van der Waals surface area contributed by atoms with E-state index in [4.69, 9.17) is 9.26 Å². The Kier molecular flexibility index (Phi) is 3.07. The van der Waals surface area contributed by atoms with Crippen LogP contribution in [0.2, 0.25) is 0 Å². The molecule has 1 aliphatic rings. The largest absolute Gasteiger partial charge is 0.376 e. The highest BCUT2D eigenvalue weighted by Crippen LogP contribution is 2.15. The Balaban J connectivity index is 1.98. The van der Waals surface area contributed by atoms with Crippen molar-refractivity contribution in [1.29, 1.82) is 0 Å². The molecular weight excluding hydrogens is 192 g/mol. The lowest BCUT2D eigenvalue weighted by atomic mass is 10.2. The van der Waals surface area contributed by atoms with Gasteiger partial charge < -0.3 is 9.26 Å². The summed E-state index contributed by atoms with van der Waals surface area (Å²) in [6, 6.07) is 2.44. The van der Waals surface area contributed by atoms with Crippen molar-refractivity contribution < 1.29 is 9.26 Å². The first kappa shape index (κ1) is 10.6. The van der Waals surface area contributed by atoms with Crippen molar-refractivity contribution >= 4 is 0 Å². The molecule has 0 radical (unpaired) electrons. The predicted octanol–water partition coefficient (Wildman–Crippen LogP) is 1.59. The van der Waals surface area contributed by atoms with Gasteiger partial charge in [-0.05, 0) is 20.8 Å². The van der Waals surface area contributed by atoms with Gasteiger partial charge in [0.05, 0.1) is 24.9 Å². The second kappa shape index (κ2) is 4.33. The molecule has 0 saturated carbocycles. The number of aromatic nitrogens is 1. The molecule has 1 fully saturated rings. The Morgan fingerprint density at radius 3 is 3.00 bits per heavy atom. The fourth-order valence-corrected chi connectivity index (χ4v) is 1.88. The number of nitrogens with zero attached hydrogens (tertiary/aromatic N) is 2. The summed E-state index contributed by atoms with van der Waals surface area (Å²) < 4.78 is 10.8. The van der Waals surface area contributed by atoms with Crippen LogP contribution in [-0.2, 0) is 11.3 Å². The quantitative estimate of drug-likeness (QED) is 0.743. The van der Waals surface area contributed by atoms with Gasteiger partial charge in [-0.3, -0.25) is 4.90 Å². The van der Waals surface area contributed by atoms with Crippen LogP contribution in [-0.4, -0.2) is 35.4 Å². The Bertz CT molecular complexity index is 324. The number of hydrogen-bond acceptors (Lipinski definition) is 4. The lowest BCUT2D eigenvalue weighted by Gasteiger charge is -2.35. The summed E-state index contributed by atoms with van der Waals surface area (Å²) in [5, 5.41) is 3.89. The summed E-state index contributed by atoms with van der Waals surface area (Å²) in [6.07, 6.45) is 0.310. The van der Waals surface area contributed by atoms with Crippen LogP contribution in [0.4, 0.5) is 0 Å². The molecule has 1 aliphatic heterocycles. The molecule has 4 heteroatoms. The van der Waals surface area contributed by atoms with Crippen molar-refractivity contribution in [3.8, 4) is 0 Å². The van der Waals surface area contributed by atoms with Crippen molar-refractivity contribution in [2.24, 2.45) is 0 Å². The smallest absolute Gasteiger partial charge is 0.150 e. The van der Waals surface area contributed by atoms with Gasteiger partial charge in [-0.2, -0.15) is 0 Å². The van der Waals surface area contributed by atoms with Crippen LogP contribution in [0.3, 0.4) is 0 Å². The molecule has 1 saturated heterocycles. The van der Waals surface area contributed by atoms with Gasteiger partial charge in [0.15, 0.2) is 5.76 Å². The molecule has 0 amide bonds. The summed E-state index contributed by atoms with van der Waals surface area (Å²) in [4.78, 5) is 2.37. The first-order valence-corrected chi connectivity index (χ1v) is 5.43. The van der Waals surface area contributed by atoms with E-state index < -0.39 is 0 Å². The molecule has 15 heavy (non-hydrogen) atoms. The summed E-state index contributed by atoms with van der Waals surface area (Å²) in [5.74, 6) is 0.938. The molecule has 0 N–H and O–H groups in total. The van der Waals surface area contributed by atoms with E-state index in [2.05, 4.69) is 23.9 Å². The molecule has 2 atom stereocenters. The summed E-state index contributed by atoms with van der Waals surface area (Å²) in [7, 11) is 0. The van der Waals surface area contributed by atoms with Crippen molar-refractivity contribution in [1.82, 2.24) is 10.1 Å². The molecule has 2 rings (SSSR count). The molecule has 2 unspecified atom stereocenters. The molecule has 2 heterocycles. The van der Waals surface area contributed by atoms with Crippen molar-refractivity contribution in [2.75, 3.05) is 13.2 Å². The second-order valence-electron chi connectivity index (χ2n) is 4.36. The maximum Gasteiger partial charge on any atom is 0.150 e. The molecule has 1 aromatic rings. The lowest BCUT2D eigenvalue weighted by Crippen LogP contribution is -2.46. The first-order chi connectivity index (χ1) is 7.15. The average molecular weight is 210 g/mol. The van der Waals surface area contributed by atoms with E-state index >= 15 is 0 Å². The van der Waals surface area contributed by atoms with Gasteiger partial charge in [-0.15, -0.1) is 0 Å². The molecule has 4 nitrogen and oxygen atoms in total. The van der Waals surface area contributed by atoms with Crippen LogP contribution in [0, 0.1) is 6.92 Å². The highest BCUT2D eigenvalue weighted by molar-refractivity contribution is 5.03. The van der Waals surface area contributed by atoms with Gasteiger partial charge >= 0.3 is 0 Å². The molecule has 1 aromatic heterocycles. The third-order valence-corrected chi connectivity index (χ3v) is 2.77. The molecule has 0 aliphatic carbocycles. The average Bonchev–Trinajstić information content (AvgIpc) is 2.58. The maximum atomic E-state index is 5.58. The minimum Gasteiger partial charge on any atom is -0.376 e. The predicted molar refractivity (Wildman–Crippen MR) is 56.5 cm³/mol. The fourth-order valence-electron chi connectivity index (χ4n) is 1.88. The summed E-state index contributed by atoms with van der Waals surface area (Å²) >= 11 is 0. The number of rotatable bonds is 2. The zero-order valence-electron chi connectivity index (χ0n) is 9.56. The van der Waals surface area contributed by atoms with Crippen LogP contribution in [0.25, 0.3) is 0 Å². The van der Waals surface area contributed by atoms with E-state index in [0.717, 1.165) is 31.2 Å². The van der Waals surface area contributed by atoms with E-state index in [0.29, 0.717) is 12.1 Å². The topological polar surface area (TPSA) is 38.5 Å². The maximum absolute atomic E-state index is 5.58. The first-order valence-electron chi connectivity index (χ1n) is 5.43. The normalized spacial score (nSPS) is 28.2. The molecule has 0 aromatic carbocycles. The standard InChI is InChI=1S/C11H18N2O2/c1-8-4-11(15-12-8)6-13-5-10(3)14-7-9(13)2/h4,9-10H,5-7H2,1-3H3. The van der Waals surface area contributed by atoms with Crippen molar-refractivity contribution in [2.45, 2.75) is 39.5 Å². The lowest BCUT2D eigenvalue weighted by molar-refractivity contribution is -0.0550. The van der Waals surface area contributed by atoms with Crippen LogP contribution < -0.4 is 0 Å². The van der Waals surface area contributed by atoms with Crippen molar-refractivity contribution in [3.63, 3.8) is 0 Å². The van der Waals surface area contributed by atoms with Crippen LogP contribution in [0.5, 0.6) is 0 Å². The SMILES string of the molecule is Cc1cc(CN2CC(C)OCC2C)on1. The fraction of sp³-hybridized carbons (Fsp3) is 0.727. The van der Waals surface area contributed by atoms with Crippen LogP contribution in [0.1, 0.15) is 25.3 Å². The highest BCUT2D eigenvalue weighted by atomic mass is 16.5. The second-order valence-corrected chi connectivity index (χ2v) is 4.36. The molecule has 0 spiro atoms. The Hall–Kier alpha value is -0.870. The van der Waals surface area contributed by atoms with E-state index in [9.17, 15) is 0 Å². The number of hydrogen-bond donors (Lipinski definition) is 0. The number of morpholine rings is 1. The third kappa shape index (κ3) is 2.58. The van der Waals surface area contributed by atoms with Crippen LogP contribution in [0.15, 0.2) is 10.6 Å². The van der Waals surface area contributed by atoms with Crippen LogP contribution >= 0.6 is 0 Å². The van der Waals surface area contributed by atoms with Gasteiger partial charge in [-0.1, -0.05) is 5.16 Å². The van der Waals surface area contributed by atoms with Crippen molar-refractivity contribution in [3.05, 3.63) is 17.5 Å². The summed E-state index contributed by atoms with van der Waals surface area (Å²) in [6.45, 7) is 8.81. The van der Waals surface area contributed by atoms with Gasteiger partial charge in [0, 0.05) is 18.7 Å². The van der Waals surface area contributed by atoms with Gasteiger partial charge in [0.1, 0.15) is 0 Å². The monoisotopic (exact) mass is 210 g/mol. The van der Waals surface area contributed by atoms with Gasteiger partial charge in [0.25, 0.3) is 0 Å². The third-order valence-electron chi connectivity index (χ3n) is 2.77. The number of ether oxygens (including phenoxy) is 1. The Morgan fingerprint density at radius 1 is 1.53 bits per heavy atom. The zero-order chi connectivity index (χ0) is 10.8.